The van der Waals surface area contributed by atoms with E-state index in [1.807, 2.05) is 24.3 Å². The topological polar surface area (TPSA) is 55.6 Å². The lowest BCUT2D eigenvalue weighted by Gasteiger charge is -2.19. The molecule has 6 heteroatoms. The van der Waals surface area contributed by atoms with E-state index in [1.165, 1.54) is 0 Å². The van der Waals surface area contributed by atoms with Gasteiger partial charge in [0.1, 0.15) is 0 Å². The number of hydrogen-bond acceptors (Lipinski definition) is 4. The van der Waals surface area contributed by atoms with Gasteiger partial charge in [0, 0.05) is 10.0 Å². The molecule has 0 bridgehead atoms. The Morgan fingerprint density at radius 3 is 2.50 bits per heavy atom. The summed E-state index contributed by atoms with van der Waals surface area (Å²) in [7, 11) is 0. The maximum Gasteiger partial charge on any atom is 0.170 e. The Morgan fingerprint density at radius 1 is 1.22 bits per heavy atom. The first kappa shape index (κ1) is 13.2. The third-order valence-electron chi connectivity index (χ3n) is 2.38. The maximum atomic E-state index is 4.05. The highest BCUT2D eigenvalue weighted by Gasteiger charge is 2.13. The van der Waals surface area contributed by atoms with Crippen LogP contribution in [-0.4, -0.2) is 25.7 Å². The number of aromatic nitrogens is 4. The fraction of sp³-hybridized carbons (Fsp3) is 0.417. The van der Waals surface area contributed by atoms with Crippen molar-refractivity contribution in [1.29, 1.82) is 0 Å². The molecule has 2 rings (SSSR count). The molecule has 1 aromatic carbocycles. The molecule has 1 N–H and O–H groups in total. The minimum absolute atomic E-state index is 0.0382. The highest BCUT2D eigenvalue weighted by atomic mass is 79.9. The molecular formula is C12H16BrN5. The number of rotatable bonds is 3. The average molecular weight is 310 g/mol. The van der Waals surface area contributed by atoms with E-state index in [9.17, 15) is 0 Å². The Morgan fingerprint density at radius 2 is 1.89 bits per heavy atom. The van der Waals surface area contributed by atoms with Gasteiger partial charge in [0.05, 0.1) is 12.2 Å². The molecule has 5 nitrogen and oxygen atoms in total. The Bertz CT molecular complexity index is 512. The van der Waals surface area contributed by atoms with E-state index in [0.29, 0.717) is 6.54 Å². The summed E-state index contributed by atoms with van der Waals surface area (Å²) in [5, 5.41) is 15.2. The van der Waals surface area contributed by atoms with Crippen LogP contribution in [0.25, 0.3) is 5.69 Å². The van der Waals surface area contributed by atoms with Crippen molar-refractivity contribution >= 4 is 15.9 Å². The lowest BCUT2D eigenvalue weighted by Crippen LogP contribution is -2.35. The number of tetrazole rings is 1. The molecule has 1 aromatic heterocycles. The molecule has 2 aromatic rings. The van der Waals surface area contributed by atoms with E-state index in [4.69, 9.17) is 0 Å². The molecule has 1 heterocycles. The van der Waals surface area contributed by atoms with Crippen molar-refractivity contribution in [1.82, 2.24) is 25.5 Å². The zero-order valence-electron chi connectivity index (χ0n) is 10.7. The van der Waals surface area contributed by atoms with E-state index < -0.39 is 0 Å². The van der Waals surface area contributed by atoms with Crippen LogP contribution in [0.2, 0.25) is 0 Å². The van der Waals surface area contributed by atoms with Crippen molar-refractivity contribution in [3.8, 4) is 5.69 Å². The van der Waals surface area contributed by atoms with Crippen molar-refractivity contribution in [3.63, 3.8) is 0 Å². The molecular weight excluding hydrogens is 294 g/mol. The summed E-state index contributed by atoms with van der Waals surface area (Å²) in [5.74, 6) is 0.798. The number of hydrogen-bond donors (Lipinski definition) is 1. The average Bonchev–Trinajstić information content (AvgIpc) is 2.75. The molecule has 0 aliphatic heterocycles. The molecule has 18 heavy (non-hydrogen) atoms. The van der Waals surface area contributed by atoms with Crippen LogP contribution in [0.5, 0.6) is 0 Å². The normalized spacial score (nSPS) is 11.8. The number of nitrogens with one attached hydrogen (secondary N) is 1. The Balaban J connectivity index is 2.20. The van der Waals surface area contributed by atoms with E-state index in [-0.39, 0.29) is 5.54 Å². The van der Waals surface area contributed by atoms with Gasteiger partial charge in [-0.2, -0.15) is 4.68 Å². The predicted molar refractivity (Wildman–Crippen MR) is 73.4 cm³/mol. The first-order chi connectivity index (χ1) is 8.46. The fourth-order valence-electron chi connectivity index (χ4n) is 1.44. The molecule has 0 saturated heterocycles. The van der Waals surface area contributed by atoms with Gasteiger partial charge < -0.3 is 5.32 Å². The zero-order chi connectivity index (χ0) is 13.2. The van der Waals surface area contributed by atoms with E-state index in [0.717, 1.165) is 16.0 Å². The van der Waals surface area contributed by atoms with Gasteiger partial charge in [-0.25, -0.2) is 0 Å². The number of benzene rings is 1. The van der Waals surface area contributed by atoms with Gasteiger partial charge in [-0.15, -0.1) is 5.10 Å². The van der Waals surface area contributed by atoms with Crippen LogP contribution < -0.4 is 5.32 Å². The summed E-state index contributed by atoms with van der Waals surface area (Å²) < 4.78 is 2.78. The van der Waals surface area contributed by atoms with Gasteiger partial charge >= 0.3 is 0 Å². The van der Waals surface area contributed by atoms with Gasteiger partial charge in [-0.1, -0.05) is 15.9 Å². The first-order valence-corrected chi connectivity index (χ1v) is 6.53. The van der Waals surface area contributed by atoms with Crippen molar-refractivity contribution in [2.24, 2.45) is 0 Å². The smallest absolute Gasteiger partial charge is 0.170 e. The van der Waals surface area contributed by atoms with Crippen molar-refractivity contribution in [2.45, 2.75) is 32.9 Å². The van der Waals surface area contributed by atoms with Gasteiger partial charge in [-0.3, -0.25) is 0 Å². The highest BCUT2D eigenvalue weighted by molar-refractivity contribution is 9.10. The molecule has 0 atom stereocenters. The van der Waals surface area contributed by atoms with Crippen LogP contribution in [0, 0.1) is 0 Å². The van der Waals surface area contributed by atoms with Crippen molar-refractivity contribution < 1.29 is 0 Å². The molecule has 0 radical (unpaired) electrons. The summed E-state index contributed by atoms with van der Waals surface area (Å²) in [4.78, 5) is 0. The van der Waals surface area contributed by atoms with Gasteiger partial charge in [0.15, 0.2) is 5.82 Å². The second-order valence-corrected chi connectivity index (χ2v) is 6.00. The summed E-state index contributed by atoms with van der Waals surface area (Å²) in [5.41, 5.74) is 0.991. The molecule has 0 aliphatic carbocycles. The highest BCUT2D eigenvalue weighted by Crippen LogP contribution is 2.14. The van der Waals surface area contributed by atoms with Crippen LogP contribution in [0.1, 0.15) is 26.6 Å². The molecule has 0 saturated carbocycles. The molecule has 0 unspecified atom stereocenters. The Kier molecular flexibility index (Phi) is 3.77. The second-order valence-electron chi connectivity index (χ2n) is 5.09. The van der Waals surface area contributed by atoms with Crippen molar-refractivity contribution in [3.05, 3.63) is 34.6 Å². The third kappa shape index (κ3) is 3.36. The van der Waals surface area contributed by atoms with Crippen LogP contribution in [-0.2, 0) is 6.54 Å². The first-order valence-electron chi connectivity index (χ1n) is 5.74. The van der Waals surface area contributed by atoms with Crippen molar-refractivity contribution in [2.75, 3.05) is 0 Å². The minimum atomic E-state index is 0.0382. The summed E-state index contributed by atoms with van der Waals surface area (Å²) >= 11 is 3.41. The Hall–Kier alpha value is -1.27. The lowest BCUT2D eigenvalue weighted by atomic mass is 10.1. The summed E-state index contributed by atoms with van der Waals surface area (Å²) in [6.45, 7) is 6.97. The van der Waals surface area contributed by atoms with E-state index >= 15 is 0 Å². The van der Waals surface area contributed by atoms with Crippen LogP contribution in [0.4, 0.5) is 0 Å². The standard InChI is InChI=1S/C12H16BrN5/c1-12(2,3)14-8-11-15-16-17-18(11)10-6-4-9(13)5-7-10/h4-7,14H,8H2,1-3H3. The Labute approximate surface area is 115 Å². The SMILES string of the molecule is CC(C)(C)NCc1nnnn1-c1ccc(Br)cc1. The molecule has 0 fully saturated rings. The molecule has 96 valence electrons. The molecule has 0 aliphatic rings. The zero-order valence-corrected chi connectivity index (χ0v) is 12.3. The van der Waals surface area contributed by atoms with Gasteiger partial charge in [-0.05, 0) is 55.5 Å². The minimum Gasteiger partial charge on any atom is -0.305 e. The van der Waals surface area contributed by atoms with Crippen LogP contribution in [0.15, 0.2) is 28.7 Å². The third-order valence-corrected chi connectivity index (χ3v) is 2.91. The summed E-state index contributed by atoms with van der Waals surface area (Å²) in [6, 6.07) is 7.89. The summed E-state index contributed by atoms with van der Waals surface area (Å²) in [6.07, 6.45) is 0. The quantitative estimate of drug-likeness (QED) is 0.945. The molecule has 0 amide bonds. The van der Waals surface area contributed by atoms with E-state index in [1.54, 1.807) is 4.68 Å². The number of nitrogens with zero attached hydrogens (tertiary/aromatic N) is 4. The second kappa shape index (κ2) is 5.16. The van der Waals surface area contributed by atoms with Gasteiger partial charge in [0.2, 0.25) is 0 Å². The number of halogens is 1. The largest absolute Gasteiger partial charge is 0.305 e. The monoisotopic (exact) mass is 309 g/mol. The molecule has 0 spiro atoms. The van der Waals surface area contributed by atoms with Gasteiger partial charge in [0.25, 0.3) is 0 Å². The lowest BCUT2D eigenvalue weighted by molar-refractivity contribution is 0.415. The van der Waals surface area contributed by atoms with Crippen LogP contribution in [0.3, 0.4) is 0 Å². The fourth-order valence-corrected chi connectivity index (χ4v) is 1.71. The predicted octanol–water partition coefficient (Wildman–Crippen LogP) is 2.31. The van der Waals surface area contributed by atoms with Crippen LogP contribution >= 0.6 is 15.9 Å². The van der Waals surface area contributed by atoms with E-state index in [2.05, 4.69) is 57.5 Å². The maximum absolute atomic E-state index is 4.05.